The quantitative estimate of drug-likeness (QED) is 0.705. The first-order chi connectivity index (χ1) is 12.5. The summed E-state index contributed by atoms with van der Waals surface area (Å²) in [6.45, 7) is 0.953. The molecular weight excluding hydrogens is 418 g/mol. The Hall–Kier alpha value is -1.57. The second-order valence-electron chi connectivity index (χ2n) is 6.22. The number of nitrogens with zero attached hydrogens (tertiary/aromatic N) is 1. The first-order valence-corrected chi connectivity index (χ1v) is 10.7. The molecule has 1 aliphatic heterocycles. The highest BCUT2D eigenvalue weighted by Crippen LogP contribution is 2.37. The van der Waals surface area contributed by atoms with E-state index in [1.807, 2.05) is 18.2 Å². The predicted octanol–water partition coefficient (Wildman–Crippen LogP) is 4.03. The topological polar surface area (TPSA) is 55.8 Å². The van der Waals surface area contributed by atoms with E-state index >= 15 is 0 Å². The number of methoxy groups -OCH3 is 2. The Morgan fingerprint density at radius 2 is 1.65 bits per heavy atom. The van der Waals surface area contributed by atoms with Crippen molar-refractivity contribution >= 4 is 26.0 Å². The molecule has 0 amide bonds. The van der Waals surface area contributed by atoms with Crippen LogP contribution in [0.2, 0.25) is 0 Å². The third-order valence-electron chi connectivity index (χ3n) is 4.78. The molecule has 0 aromatic heterocycles. The summed E-state index contributed by atoms with van der Waals surface area (Å²) < 4.78 is 39.2. The standard InChI is InChI=1S/C19H22BrNO4S/c1-24-17-6-4-3-5-16(17)14-9-11-21(12-10-14)26(22,23)19-8-7-15(20)13-18(19)25-2/h3-8,13-14H,9-12H2,1-2H3. The molecule has 0 N–H and O–H groups in total. The molecule has 0 spiro atoms. The zero-order valence-electron chi connectivity index (χ0n) is 14.8. The Labute approximate surface area is 163 Å². The second kappa shape index (κ2) is 7.98. The first kappa shape index (κ1) is 19.2. The summed E-state index contributed by atoms with van der Waals surface area (Å²) in [6, 6.07) is 12.9. The van der Waals surface area contributed by atoms with Crippen LogP contribution in [0.4, 0.5) is 0 Å². The molecule has 0 atom stereocenters. The van der Waals surface area contributed by atoms with Crippen molar-refractivity contribution in [3.8, 4) is 11.5 Å². The van der Waals surface area contributed by atoms with Gasteiger partial charge in [0.25, 0.3) is 0 Å². The van der Waals surface area contributed by atoms with Crippen LogP contribution in [-0.2, 0) is 10.0 Å². The summed E-state index contributed by atoms with van der Waals surface area (Å²) >= 11 is 3.35. The molecule has 1 aliphatic rings. The molecular formula is C19H22BrNO4S. The van der Waals surface area contributed by atoms with E-state index in [-0.39, 0.29) is 4.90 Å². The van der Waals surface area contributed by atoms with Gasteiger partial charge < -0.3 is 9.47 Å². The Bertz CT molecular complexity index is 877. The fourth-order valence-electron chi connectivity index (χ4n) is 3.40. The van der Waals surface area contributed by atoms with Gasteiger partial charge in [0.05, 0.1) is 14.2 Å². The second-order valence-corrected chi connectivity index (χ2v) is 9.04. The van der Waals surface area contributed by atoms with E-state index in [4.69, 9.17) is 9.47 Å². The minimum atomic E-state index is -3.59. The summed E-state index contributed by atoms with van der Waals surface area (Å²) in [5, 5.41) is 0. The van der Waals surface area contributed by atoms with Gasteiger partial charge in [-0.2, -0.15) is 4.31 Å². The molecule has 0 unspecified atom stereocenters. The minimum absolute atomic E-state index is 0.207. The van der Waals surface area contributed by atoms with Crippen molar-refractivity contribution < 1.29 is 17.9 Å². The number of hydrogen-bond donors (Lipinski definition) is 0. The monoisotopic (exact) mass is 439 g/mol. The van der Waals surface area contributed by atoms with Crippen LogP contribution in [0.5, 0.6) is 11.5 Å². The summed E-state index contributed by atoms with van der Waals surface area (Å²) in [5.41, 5.74) is 1.15. The number of rotatable bonds is 5. The van der Waals surface area contributed by atoms with Crippen LogP contribution >= 0.6 is 15.9 Å². The minimum Gasteiger partial charge on any atom is -0.496 e. The van der Waals surface area contributed by atoms with Gasteiger partial charge in [0.1, 0.15) is 16.4 Å². The van der Waals surface area contributed by atoms with Crippen LogP contribution in [0.3, 0.4) is 0 Å². The van der Waals surface area contributed by atoms with E-state index in [0.29, 0.717) is 24.8 Å². The molecule has 3 rings (SSSR count). The van der Waals surface area contributed by atoms with E-state index in [9.17, 15) is 8.42 Å². The lowest BCUT2D eigenvalue weighted by molar-refractivity contribution is 0.311. The van der Waals surface area contributed by atoms with Gasteiger partial charge in [-0.05, 0) is 48.6 Å². The highest BCUT2D eigenvalue weighted by atomic mass is 79.9. The van der Waals surface area contributed by atoms with Crippen LogP contribution in [-0.4, -0.2) is 40.0 Å². The molecule has 0 radical (unpaired) electrons. The molecule has 2 aromatic rings. The van der Waals surface area contributed by atoms with E-state index in [0.717, 1.165) is 28.6 Å². The number of para-hydroxylation sites is 1. The predicted molar refractivity (Wildman–Crippen MR) is 104 cm³/mol. The van der Waals surface area contributed by atoms with Gasteiger partial charge in [-0.1, -0.05) is 34.1 Å². The number of piperidine rings is 1. The molecule has 26 heavy (non-hydrogen) atoms. The molecule has 0 aliphatic carbocycles. The van der Waals surface area contributed by atoms with E-state index in [1.165, 1.54) is 7.11 Å². The van der Waals surface area contributed by atoms with Crippen LogP contribution in [0.15, 0.2) is 51.8 Å². The van der Waals surface area contributed by atoms with Crippen molar-refractivity contribution in [3.05, 3.63) is 52.5 Å². The fourth-order valence-corrected chi connectivity index (χ4v) is 5.35. The highest BCUT2D eigenvalue weighted by molar-refractivity contribution is 9.10. The van der Waals surface area contributed by atoms with Crippen molar-refractivity contribution in [1.82, 2.24) is 4.31 Å². The first-order valence-electron chi connectivity index (χ1n) is 8.44. The van der Waals surface area contributed by atoms with Gasteiger partial charge in [-0.3, -0.25) is 0 Å². The van der Waals surface area contributed by atoms with Gasteiger partial charge >= 0.3 is 0 Å². The normalized spacial score (nSPS) is 16.4. The zero-order chi connectivity index (χ0) is 18.7. The number of ether oxygens (including phenoxy) is 2. The molecule has 140 valence electrons. The molecule has 7 heteroatoms. The summed E-state index contributed by atoms with van der Waals surface area (Å²) in [6.07, 6.45) is 1.52. The van der Waals surface area contributed by atoms with Crippen molar-refractivity contribution in [1.29, 1.82) is 0 Å². The lowest BCUT2D eigenvalue weighted by Gasteiger charge is -2.32. The molecule has 0 saturated carbocycles. The van der Waals surface area contributed by atoms with Crippen molar-refractivity contribution in [3.63, 3.8) is 0 Å². The van der Waals surface area contributed by atoms with Gasteiger partial charge in [-0.25, -0.2) is 8.42 Å². The summed E-state index contributed by atoms with van der Waals surface area (Å²) in [7, 11) is -0.441. The number of benzene rings is 2. The molecule has 0 bridgehead atoms. The Morgan fingerprint density at radius 1 is 1.00 bits per heavy atom. The van der Waals surface area contributed by atoms with Crippen molar-refractivity contribution in [2.24, 2.45) is 0 Å². The van der Waals surface area contributed by atoms with Crippen LogP contribution in [0.25, 0.3) is 0 Å². The van der Waals surface area contributed by atoms with Crippen LogP contribution in [0.1, 0.15) is 24.3 Å². The zero-order valence-corrected chi connectivity index (χ0v) is 17.2. The van der Waals surface area contributed by atoms with Gasteiger partial charge in [0, 0.05) is 17.6 Å². The smallest absolute Gasteiger partial charge is 0.246 e. The van der Waals surface area contributed by atoms with Gasteiger partial charge in [0.15, 0.2) is 0 Å². The number of halogens is 1. The maximum Gasteiger partial charge on any atom is 0.246 e. The van der Waals surface area contributed by atoms with Crippen molar-refractivity contribution in [2.45, 2.75) is 23.7 Å². The molecule has 1 saturated heterocycles. The largest absolute Gasteiger partial charge is 0.496 e. The maximum atomic E-state index is 13.1. The van der Waals surface area contributed by atoms with Crippen molar-refractivity contribution in [2.75, 3.05) is 27.3 Å². The van der Waals surface area contributed by atoms with E-state index < -0.39 is 10.0 Å². The van der Waals surface area contributed by atoms with Gasteiger partial charge in [-0.15, -0.1) is 0 Å². The van der Waals surface area contributed by atoms with Crippen LogP contribution < -0.4 is 9.47 Å². The third-order valence-corrected chi connectivity index (χ3v) is 7.21. The average molecular weight is 440 g/mol. The Kier molecular flexibility index (Phi) is 5.89. The third kappa shape index (κ3) is 3.75. The average Bonchev–Trinajstić information content (AvgIpc) is 2.67. The number of sulfonamides is 1. The molecule has 2 aromatic carbocycles. The lowest BCUT2D eigenvalue weighted by atomic mass is 9.89. The molecule has 1 heterocycles. The van der Waals surface area contributed by atoms with E-state index in [1.54, 1.807) is 29.6 Å². The molecule has 1 fully saturated rings. The van der Waals surface area contributed by atoms with Crippen LogP contribution in [0, 0.1) is 0 Å². The number of hydrogen-bond acceptors (Lipinski definition) is 4. The summed E-state index contributed by atoms with van der Waals surface area (Å²) in [4.78, 5) is 0.207. The van der Waals surface area contributed by atoms with E-state index in [2.05, 4.69) is 22.0 Å². The Morgan fingerprint density at radius 3 is 2.31 bits per heavy atom. The lowest BCUT2D eigenvalue weighted by Crippen LogP contribution is -2.38. The maximum absolute atomic E-state index is 13.1. The SMILES string of the molecule is COc1ccccc1C1CCN(S(=O)(=O)c2ccc(Br)cc2OC)CC1. The molecule has 5 nitrogen and oxygen atoms in total. The van der Waals surface area contributed by atoms with Gasteiger partial charge in [0.2, 0.25) is 10.0 Å². The highest BCUT2D eigenvalue weighted by Gasteiger charge is 2.32. The summed E-state index contributed by atoms with van der Waals surface area (Å²) in [5.74, 6) is 1.51. The Balaban J connectivity index is 1.79. The fraction of sp³-hybridized carbons (Fsp3) is 0.368.